The molecule has 3 atom stereocenters. The van der Waals surface area contributed by atoms with E-state index in [-0.39, 0.29) is 6.61 Å². The maximum atomic E-state index is 9.54. The summed E-state index contributed by atoms with van der Waals surface area (Å²) >= 11 is 1.56. The minimum Gasteiger partial charge on any atom is -0.488 e. The summed E-state index contributed by atoms with van der Waals surface area (Å²) in [7, 11) is 0. The number of piperidine rings is 1. The minimum absolute atomic E-state index is 0.214. The van der Waals surface area contributed by atoms with Crippen molar-refractivity contribution in [2.75, 3.05) is 24.6 Å². The summed E-state index contributed by atoms with van der Waals surface area (Å²) in [4.78, 5) is 11.3. The van der Waals surface area contributed by atoms with Crippen LogP contribution in [0.3, 0.4) is 0 Å². The Morgan fingerprint density at radius 3 is 2.92 bits per heavy atom. The Hall–Kier alpha value is -2.16. The molecular formula is C18H20N4O3S. The highest BCUT2D eigenvalue weighted by Gasteiger charge is 2.38. The Morgan fingerprint density at radius 2 is 2.23 bits per heavy atom. The number of hydrogen-bond donors (Lipinski definition) is 2. The third-order valence-corrected chi connectivity index (χ3v) is 5.64. The molecule has 0 spiro atoms. The Kier molecular flexibility index (Phi) is 3.84. The summed E-state index contributed by atoms with van der Waals surface area (Å²) in [5, 5.41) is 15.9. The van der Waals surface area contributed by atoms with Crippen LogP contribution in [0.5, 0.6) is 5.75 Å². The maximum Gasteiger partial charge on any atom is 0.298 e. The molecule has 6 rings (SSSR count). The molecule has 2 N–H and O–H groups in total. The standard InChI is InChI=1S/C18H20N4O3S/c1-10(23)9-24-14-3-2-13(17-19-4-5-26-17)16-15(14)21-18(25-16)22-7-11-6-12(8-22)20-11/h2-5,10-12,20,23H,6-9H2,1H3. The summed E-state index contributed by atoms with van der Waals surface area (Å²) in [5.41, 5.74) is 2.28. The number of oxazole rings is 1. The number of hydrogen-bond acceptors (Lipinski definition) is 8. The summed E-state index contributed by atoms with van der Waals surface area (Å²) in [6.07, 6.45) is 2.46. The molecule has 2 bridgehead atoms. The monoisotopic (exact) mass is 372 g/mol. The fourth-order valence-corrected chi connectivity index (χ4v) is 4.29. The predicted octanol–water partition coefficient (Wildman–Crippen LogP) is 2.26. The van der Waals surface area contributed by atoms with Crippen molar-refractivity contribution >= 4 is 28.5 Å². The zero-order valence-corrected chi connectivity index (χ0v) is 15.2. The van der Waals surface area contributed by atoms with Crippen LogP contribution < -0.4 is 15.0 Å². The number of aliphatic hydroxyl groups excluding tert-OH is 1. The van der Waals surface area contributed by atoms with E-state index >= 15 is 0 Å². The molecule has 2 aromatic heterocycles. The largest absolute Gasteiger partial charge is 0.488 e. The lowest BCUT2D eigenvalue weighted by Crippen LogP contribution is -2.67. The summed E-state index contributed by atoms with van der Waals surface area (Å²) in [6, 6.07) is 5.49. The molecule has 0 radical (unpaired) electrons. The van der Waals surface area contributed by atoms with Gasteiger partial charge in [0, 0.05) is 36.8 Å². The number of fused-ring (bicyclic) bond motifs is 3. The summed E-state index contributed by atoms with van der Waals surface area (Å²) < 4.78 is 12.0. The van der Waals surface area contributed by atoms with Gasteiger partial charge in [-0.15, -0.1) is 11.3 Å². The second-order valence-electron chi connectivity index (χ2n) is 6.98. The molecule has 3 saturated heterocycles. The molecule has 7 nitrogen and oxygen atoms in total. The lowest BCUT2D eigenvalue weighted by atomic mass is 9.92. The van der Waals surface area contributed by atoms with E-state index in [0.717, 1.165) is 23.7 Å². The predicted molar refractivity (Wildman–Crippen MR) is 99.8 cm³/mol. The zero-order valence-electron chi connectivity index (χ0n) is 14.4. The first-order valence-electron chi connectivity index (χ1n) is 8.82. The highest BCUT2D eigenvalue weighted by Crippen LogP contribution is 2.38. The topological polar surface area (TPSA) is 83.7 Å². The van der Waals surface area contributed by atoms with E-state index in [9.17, 15) is 5.11 Å². The second-order valence-corrected chi connectivity index (χ2v) is 7.88. The number of thiazole rings is 1. The number of piperazine rings is 1. The first-order chi connectivity index (χ1) is 12.7. The smallest absolute Gasteiger partial charge is 0.298 e. The van der Waals surface area contributed by atoms with Crippen molar-refractivity contribution in [3.05, 3.63) is 23.7 Å². The maximum absolute atomic E-state index is 9.54. The van der Waals surface area contributed by atoms with E-state index < -0.39 is 6.10 Å². The number of anilines is 1. The van der Waals surface area contributed by atoms with Crippen LogP contribution in [0.4, 0.5) is 6.01 Å². The molecule has 3 aromatic rings. The first-order valence-corrected chi connectivity index (χ1v) is 9.70. The Bertz CT molecular complexity index is 908. The van der Waals surface area contributed by atoms with Crippen LogP contribution in [-0.4, -0.2) is 53.0 Å². The van der Waals surface area contributed by atoms with E-state index in [1.54, 1.807) is 24.5 Å². The van der Waals surface area contributed by atoms with Gasteiger partial charge in [-0.1, -0.05) is 0 Å². The van der Waals surface area contributed by atoms with Gasteiger partial charge in [0.1, 0.15) is 17.4 Å². The van der Waals surface area contributed by atoms with Crippen molar-refractivity contribution in [2.45, 2.75) is 31.5 Å². The molecule has 136 valence electrons. The number of ether oxygens (including phenoxy) is 1. The number of aliphatic hydroxyl groups is 1. The average Bonchev–Trinajstić information content (AvgIpc) is 3.29. The van der Waals surface area contributed by atoms with Gasteiger partial charge in [-0.05, 0) is 25.5 Å². The highest BCUT2D eigenvalue weighted by molar-refractivity contribution is 7.13. The van der Waals surface area contributed by atoms with Crippen LogP contribution >= 0.6 is 11.3 Å². The third kappa shape index (κ3) is 2.74. The van der Waals surface area contributed by atoms with Crippen molar-refractivity contribution in [3.63, 3.8) is 0 Å². The van der Waals surface area contributed by atoms with Gasteiger partial charge < -0.3 is 24.5 Å². The first kappa shape index (κ1) is 16.0. The molecule has 0 saturated carbocycles. The molecule has 3 unspecified atom stereocenters. The Morgan fingerprint density at radius 1 is 1.42 bits per heavy atom. The third-order valence-electron chi connectivity index (χ3n) is 4.83. The van der Waals surface area contributed by atoms with Crippen molar-refractivity contribution in [1.29, 1.82) is 0 Å². The van der Waals surface area contributed by atoms with Gasteiger partial charge in [0.05, 0.1) is 11.7 Å². The normalized spacial score (nSPS) is 23.1. The van der Waals surface area contributed by atoms with Crippen LogP contribution in [0.1, 0.15) is 13.3 Å². The molecule has 1 aromatic carbocycles. The Labute approximate surface area is 154 Å². The molecule has 3 aliphatic rings. The van der Waals surface area contributed by atoms with Crippen molar-refractivity contribution in [2.24, 2.45) is 0 Å². The molecular weight excluding hydrogens is 352 g/mol. The average molecular weight is 372 g/mol. The van der Waals surface area contributed by atoms with E-state index in [4.69, 9.17) is 14.1 Å². The van der Waals surface area contributed by atoms with Crippen molar-refractivity contribution in [3.8, 4) is 16.3 Å². The van der Waals surface area contributed by atoms with Crippen LogP contribution in [0.2, 0.25) is 0 Å². The quantitative estimate of drug-likeness (QED) is 0.711. The van der Waals surface area contributed by atoms with Gasteiger partial charge in [-0.25, -0.2) is 4.98 Å². The lowest BCUT2D eigenvalue weighted by Gasteiger charge is -2.47. The van der Waals surface area contributed by atoms with Crippen LogP contribution in [-0.2, 0) is 0 Å². The Balaban J connectivity index is 1.57. The van der Waals surface area contributed by atoms with Crippen LogP contribution in [0.25, 0.3) is 21.7 Å². The van der Waals surface area contributed by atoms with Crippen LogP contribution in [0, 0.1) is 0 Å². The van der Waals surface area contributed by atoms with Gasteiger partial charge >= 0.3 is 0 Å². The SMILES string of the molecule is CC(O)COc1ccc(-c2nccs2)c2oc(N3CC4CC(C3)N4)nc12. The number of benzene rings is 1. The molecule has 0 aliphatic carbocycles. The fraction of sp³-hybridized carbons (Fsp3) is 0.444. The second kappa shape index (κ2) is 6.22. The molecule has 3 fully saturated rings. The summed E-state index contributed by atoms with van der Waals surface area (Å²) in [5.74, 6) is 0.622. The molecule has 26 heavy (non-hydrogen) atoms. The van der Waals surface area contributed by atoms with Crippen LogP contribution in [0.15, 0.2) is 28.1 Å². The van der Waals surface area contributed by atoms with E-state index in [0.29, 0.717) is 34.9 Å². The van der Waals surface area contributed by atoms with Gasteiger partial charge in [-0.3, -0.25) is 0 Å². The van der Waals surface area contributed by atoms with Crippen molar-refractivity contribution in [1.82, 2.24) is 15.3 Å². The number of nitrogens with one attached hydrogen (secondary N) is 1. The van der Waals surface area contributed by atoms with Gasteiger partial charge in [-0.2, -0.15) is 4.98 Å². The van der Waals surface area contributed by atoms with Gasteiger partial charge in [0.25, 0.3) is 6.01 Å². The van der Waals surface area contributed by atoms with Crippen molar-refractivity contribution < 1.29 is 14.3 Å². The molecule has 3 aliphatic heterocycles. The van der Waals surface area contributed by atoms with E-state index in [1.165, 1.54) is 6.42 Å². The highest BCUT2D eigenvalue weighted by atomic mass is 32.1. The zero-order chi connectivity index (χ0) is 17.7. The van der Waals surface area contributed by atoms with Gasteiger partial charge in [0.15, 0.2) is 11.1 Å². The van der Waals surface area contributed by atoms with Gasteiger partial charge in [0.2, 0.25) is 0 Å². The summed E-state index contributed by atoms with van der Waals surface area (Å²) in [6.45, 7) is 3.72. The lowest BCUT2D eigenvalue weighted by molar-refractivity contribution is 0.123. The van der Waals surface area contributed by atoms with E-state index in [2.05, 4.69) is 15.2 Å². The minimum atomic E-state index is -0.546. The number of aromatic nitrogens is 2. The molecule has 5 heterocycles. The molecule has 0 amide bonds. The van der Waals surface area contributed by atoms with E-state index in [1.807, 2.05) is 17.5 Å². The molecule has 8 heteroatoms. The number of nitrogens with zero attached hydrogens (tertiary/aromatic N) is 3. The number of rotatable bonds is 5. The fourth-order valence-electron chi connectivity index (χ4n) is 3.63.